The third-order valence-corrected chi connectivity index (χ3v) is 2.76. The molecule has 1 amide bonds. The SMILES string of the molecule is NC1(C(=O)N2C[C@@H](O)[C@@H](O)C2)CC1. The molecule has 1 aliphatic heterocycles. The summed E-state index contributed by atoms with van der Waals surface area (Å²) in [6, 6.07) is 0. The van der Waals surface area contributed by atoms with E-state index in [1.54, 1.807) is 0 Å². The van der Waals surface area contributed by atoms with Gasteiger partial charge in [0.2, 0.25) is 5.91 Å². The third-order valence-electron chi connectivity index (χ3n) is 2.76. The number of aliphatic hydroxyl groups excluding tert-OH is 2. The highest BCUT2D eigenvalue weighted by atomic mass is 16.3. The summed E-state index contributed by atoms with van der Waals surface area (Å²) in [6.45, 7) is 0.415. The van der Waals surface area contributed by atoms with Crippen molar-refractivity contribution in [3.63, 3.8) is 0 Å². The molecule has 0 unspecified atom stereocenters. The molecule has 1 saturated carbocycles. The van der Waals surface area contributed by atoms with E-state index < -0.39 is 17.7 Å². The van der Waals surface area contributed by atoms with Crippen LogP contribution in [-0.4, -0.2) is 51.9 Å². The van der Waals surface area contributed by atoms with Gasteiger partial charge in [-0.1, -0.05) is 0 Å². The highest BCUT2D eigenvalue weighted by Gasteiger charge is 2.50. The largest absolute Gasteiger partial charge is 0.388 e. The molecule has 1 saturated heterocycles. The van der Waals surface area contributed by atoms with E-state index in [1.807, 2.05) is 0 Å². The normalized spacial score (nSPS) is 36.4. The molecule has 13 heavy (non-hydrogen) atoms. The van der Waals surface area contributed by atoms with Crippen molar-refractivity contribution < 1.29 is 15.0 Å². The minimum Gasteiger partial charge on any atom is -0.388 e. The first-order chi connectivity index (χ1) is 6.03. The molecule has 5 heteroatoms. The van der Waals surface area contributed by atoms with E-state index in [2.05, 4.69) is 0 Å². The lowest BCUT2D eigenvalue weighted by atomic mass is 10.2. The zero-order valence-corrected chi connectivity index (χ0v) is 7.31. The molecule has 2 rings (SSSR count). The van der Waals surface area contributed by atoms with Gasteiger partial charge in [0, 0.05) is 13.1 Å². The number of carbonyl (C=O) groups excluding carboxylic acids is 1. The summed E-state index contributed by atoms with van der Waals surface area (Å²) in [7, 11) is 0. The van der Waals surface area contributed by atoms with E-state index in [0.717, 1.165) is 0 Å². The van der Waals surface area contributed by atoms with Gasteiger partial charge in [-0.25, -0.2) is 0 Å². The van der Waals surface area contributed by atoms with Crippen LogP contribution >= 0.6 is 0 Å². The molecule has 74 valence electrons. The Labute approximate surface area is 76.1 Å². The van der Waals surface area contributed by atoms with Gasteiger partial charge >= 0.3 is 0 Å². The van der Waals surface area contributed by atoms with E-state index in [9.17, 15) is 15.0 Å². The van der Waals surface area contributed by atoms with Crippen LogP contribution in [0.3, 0.4) is 0 Å². The van der Waals surface area contributed by atoms with Crippen molar-refractivity contribution >= 4 is 5.91 Å². The Balaban J connectivity index is 1.99. The number of nitrogens with two attached hydrogens (primary N) is 1. The number of carbonyl (C=O) groups is 1. The first-order valence-electron chi connectivity index (χ1n) is 4.47. The lowest BCUT2D eigenvalue weighted by Crippen LogP contribution is -2.45. The lowest BCUT2D eigenvalue weighted by molar-refractivity contribution is -0.133. The van der Waals surface area contributed by atoms with E-state index in [0.29, 0.717) is 12.8 Å². The number of β-amino-alcohol motifs (C(OH)–C–C–N with tert-alkyl or cyclic N) is 2. The van der Waals surface area contributed by atoms with Crippen molar-refractivity contribution in [3.8, 4) is 0 Å². The quantitative estimate of drug-likeness (QED) is 0.444. The fourth-order valence-corrected chi connectivity index (χ4v) is 1.60. The van der Waals surface area contributed by atoms with Gasteiger partial charge in [0.1, 0.15) is 0 Å². The predicted octanol–water partition coefficient (Wildman–Crippen LogP) is -1.96. The predicted molar refractivity (Wildman–Crippen MR) is 44.7 cm³/mol. The molecule has 2 fully saturated rings. The molecule has 1 heterocycles. The van der Waals surface area contributed by atoms with Crippen molar-refractivity contribution in [1.29, 1.82) is 0 Å². The van der Waals surface area contributed by atoms with Crippen LogP contribution in [-0.2, 0) is 4.79 Å². The second kappa shape index (κ2) is 2.67. The molecular formula is C8H14N2O3. The summed E-state index contributed by atoms with van der Waals surface area (Å²) in [5.74, 6) is -0.136. The van der Waals surface area contributed by atoms with Crippen LogP contribution in [0.1, 0.15) is 12.8 Å². The zero-order valence-electron chi connectivity index (χ0n) is 7.31. The van der Waals surface area contributed by atoms with E-state index >= 15 is 0 Å². The zero-order chi connectivity index (χ0) is 9.64. The van der Waals surface area contributed by atoms with Crippen LogP contribution in [0.5, 0.6) is 0 Å². The molecule has 4 N–H and O–H groups in total. The molecule has 1 aliphatic carbocycles. The second-order valence-corrected chi connectivity index (χ2v) is 4.00. The Hall–Kier alpha value is -0.650. The van der Waals surface area contributed by atoms with Gasteiger partial charge in [0.05, 0.1) is 17.7 Å². The molecule has 2 atom stereocenters. The van der Waals surface area contributed by atoms with Gasteiger partial charge in [-0.15, -0.1) is 0 Å². The molecule has 5 nitrogen and oxygen atoms in total. The Bertz CT molecular complexity index is 230. The number of hydrogen-bond donors (Lipinski definition) is 3. The van der Waals surface area contributed by atoms with Crippen LogP contribution < -0.4 is 5.73 Å². The summed E-state index contributed by atoms with van der Waals surface area (Å²) >= 11 is 0. The Morgan fingerprint density at radius 3 is 2.15 bits per heavy atom. The summed E-state index contributed by atoms with van der Waals surface area (Å²) < 4.78 is 0. The van der Waals surface area contributed by atoms with Crippen LogP contribution in [0.2, 0.25) is 0 Å². The third kappa shape index (κ3) is 1.43. The molecule has 0 bridgehead atoms. The number of hydrogen-bond acceptors (Lipinski definition) is 4. The second-order valence-electron chi connectivity index (χ2n) is 4.00. The van der Waals surface area contributed by atoms with Crippen molar-refractivity contribution in [2.24, 2.45) is 5.73 Å². The molecule has 0 radical (unpaired) electrons. The average Bonchev–Trinajstić information content (AvgIpc) is 2.74. The van der Waals surface area contributed by atoms with Crippen molar-refractivity contribution in [3.05, 3.63) is 0 Å². The topological polar surface area (TPSA) is 86.8 Å². The van der Waals surface area contributed by atoms with E-state index in [-0.39, 0.29) is 19.0 Å². The Morgan fingerprint density at radius 2 is 1.77 bits per heavy atom. The maximum atomic E-state index is 11.6. The highest BCUT2D eigenvalue weighted by molar-refractivity contribution is 5.89. The molecule has 0 aromatic carbocycles. The molecule has 0 aromatic heterocycles. The van der Waals surface area contributed by atoms with Crippen LogP contribution in [0.4, 0.5) is 0 Å². The van der Waals surface area contributed by atoms with Crippen molar-refractivity contribution in [1.82, 2.24) is 4.90 Å². The molecule has 2 aliphatic rings. The van der Waals surface area contributed by atoms with Crippen LogP contribution in [0.15, 0.2) is 0 Å². The molecular weight excluding hydrogens is 172 g/mol. The number of likely N-dealkylation sites (tertiary alicyclic amines) is 1. The number of rotatable bonds is 1. The van der Waals surface area contributed by atoms with Crippen LogP contribution in [0, 0.1) is 0 Å². The van der Waals surface area contributed by atoms with Crippen molar-refractivity contribution in [2.45, 2.75) is 30.6 Å². The smallest absolute Gasteiger partial charge is 0.242 e. The lowest BCUT2D eigenvalue weighted by Gasteiger charge is -2.19. The number of aliphatic hydroxyl groups is 2. The van der Waals surface area contributed by atoms with Gasteiger partial charge in [-0.3, -0.25) is 4.79 Å². The van der Waals surface area contributed by atoms with Gasteiger partial charge in [-0.05, 0) is 12.8 Å². The van der Waals surface area contributed by atoms with Crippen LogP contribution in [0.25, 0.3) is 0 Å². The highest BCUT2D eigenvalue weighted by Crippen LogP contribution is 2.34. The minimum absolute atomic E-state index is 0.136. The molecule has 0 spiro atoms. The van der Waals surface area contributed by atoms with E-state index in [1.165, 1.54) is 4.90 Å². The van der Waals surface area contributed by atoms with Gasteiger partial charge in [0.15, 0.2) is 0 Å². The van der Waals surface area contributed by atoms with Gasteiger partial charge < -0.3 is 20.8 Å². The van der Waals surface area contributed by atoms with Gasteiger partial charge in [0.25, 0.3) is 0 Å². The first-order valence-corrected chi connectivity index (χ1v) is 4.47. The maximum absolute atomic E-state index is 11.6. The standard InChI is InChI=1S/C8H14N2O3/c9-8(1-2-8)7(13)10-3-5(11)6(12)4-10/h5-6,11-12H,1-4,9H2/t5-,6+. The Morgan fingerprint density at radius 1 is 1.31 bits per heavy atom. The minimum atomic E-state index is -0.814. The summed E-state index contributed by atoms with van der Waals surface area (Å²) in [4.78, 5) is 13.0. The monoisotopic (exact) mass is 186 g/mol. The fourth-order valence-electron chi connectivity index (χ4n) is 1.60. The molecule has 0 aromatic rings. The fraction of sp³-hybridized carbons (Fsp3) is 0.875. The van der Waals surface area contributed by atoms with Crippen molar-refractivity contribution in [2.75, 3.05) is 13.1 Å². The first kappa shape index (κ1) is 8.93. The van der Waals surface area contributed by atoms with Gasteiger partial charge in [-0.2, -0.15) is 0 Å². The Kier molecular flexibility index (Phi) is 1.83. The number of amides is 1. The van der Waals surface area contributed by atoms with E-state index in [4.69, 9.17) is 5.73 Å². The summed E-state index contributed by atoms with van der Waals surface area (Å²) in [5, 5.41) is 18.4. The number of nitrogens with zero attached hydrogens (tertiary/aromatic N) is 1. The summed E-state index contributed by atoms with van der Waals surface area (Å²) in [5.41, 5.74) is 5.02. The maximum Gasteiger partial charge on any atom is 0.242 e. The summed E-state index contributed by atoms with van der Waals surface area (Å²) in [6.07, 6.45) is -0.194. The average molecular weight is 186 g/mol.